The van der Waals surface area contributed by atoms with Crippen molar-refractivity contribution in [1.29, 1.82) is 0 Å². The molecule has 0 aliphatic carbocycles. The SMILES string of the molecule is CCCCC(CC)COC(=O)CCCC(=O)OC(CCC)C(C)C. The van der Waals surface area contributed by atoms with Gasteiger partial charge in [0, 0.05) is 12.8 Å². The normalized spacial score (nSPS) is 13.6. The number of rotatable bonds is 14. The number of unbranched alkanes of at least 4 members (excludes halogenated alkanes) is 1. The fourth-order valence-corrected chi connectivity index (χ4v) is 2.60. The van der Waals surface area contributed by atoms with Crippen LogP contribution in [0.2, 0.25) is 0 Å². The quantitative estimate of drug-likeness (QED) is 0.403. The van der Waals surface area contributed by atoms with Gasteiger partial charge in [0.15, 0.2) is 0 Å². The van der Waals surface area contributed by atoms with Crippen molar-refractivity contribution in [2.24, 2.45) is 11.8 Å². The zero-order chi connectivity index (χ0) is 18.4. The Hall–Kier alpha value is -1.06. The van der Waals surface area contributed by atoms with Gasteiger partial charge in [-0.3, -0.25) is 9.59 Å². The van der Waals surface area contributed by atoms with Crippen LogP contribution in [0.15, 0.2) is 0 Å². The summed E-state index contributed by atoms with van der Waals surface area (Å²) in [5, 5.41) is 0. The highest BCUT2D eigenvalue weighted by molar-refractivity contribution is 5.72. The standard InChI is InChI=1S/C20H38O4/c1-6-9-12-17(8-3)15-23-19(21)13-10-14-20(22)24-18(11-7-2)16(4)5/h16-18H,6-15H2,1-5H3. The van der Waals surface area contributed by atoms with Gasteiger partial charge in [-0.05, 0) is 31.1 Å². The van der Waals surface area contributed by atoms with Gasteiger partial charge in [-0.15, -0.1) is 0 Å². The monoisotopic (exact) mass is 342 g/mol. The number of carbonyl (C=O) groups is 2. The molecule has 0 N–H and O–H groups in total. The molecular formula is C20H38O4. The van der Waals surface area contributed by atoms with Crippen LogP contribution in [0.4, 0.5) is 0 Å². The van der Waals surface area contributed by atoms with Crippen molar-refractivity contribution >= 4 is 11.9 Å². The van der Waals surface area contributed by atoms with Crippen LogP contribution in [-0.4, -0.2) is 24.6 Å². The van der Waals surface area contributed by atoms with Gasteiger partial charge in [0.05, 0.1) is 6.61 Å². The maximum Gasteiger partial charge on any atom is 0.306 e. The van der Waals surface area contributed by atoms with E-state index in [2.05, 4.69) is 34.6 Å². The Labute approximate surface area is 148 Å². The molecule has 4 nitrogen and oxygen atoms in total. The van der Waals surface area contributed by atoms with Crippen molar-refractivity contribution in [3.8, 4) is 0 Å². The zero-order valence-corrected chi connectivity index (χ0v) is 16.4. The van der Waals surface area contributed by atoms with Crippen LogP contribution < -0.4 is 0 Å². The summed E-state index contributed by atoms with van der Waals surface area (Å²) in [6.45, 7) is 11.0. The molecule has 0 spiro atoms. The van der Waals surface area contributed by atoms with Crippen LogP contribution in [0, 0.1) is 11.8 Å². The maximum atomic E-state index is 11.9. The second-order valence-corrected chi connectivity index (χ2v) is 7.01. The molecule has 0 saturated carbocycles. The van der Waals surface area contributed by atoms with Gasteiger partial charge < -0.3 is 9.47 Å². The fourth-order valence-electron chi connectivity index (χ4n) is 2.60. The van der Waals surface area contributed by atoms with Crippen molar-refractivity contribution in [1.82, 2.24) is 0 Å². The third kappa shape index (κ3) is 11.5. The van der Waals surface area contributed by atoms with E-state index in [0.29, 0.717) is 31.3 Å². The summed E-state index contributed by atoms with van der Waals surface area (Å²) < 4.78 is 10.8. The first-order chi connectivity index (χ1) is 11.4. The zero-order valence-electron chi connectivity index (χ0n) is 16.4. The summed E-state index contributed by atoms with van der Waals surface area (Å²) >= 11 is 0. The van der Waals surface area contributed by atoms with Gasteiger partial charge in [-0.2, -0.15) is 0 Å². The second kappa shape index (κ2) is 14.3. The summed E-state index contributed by atoms with van der Waals surface area (Å²) in [6.07, 6.45) is 7.45. The van der Waals surface area contributed by atoms with Gasteiger partial charge >= 0.3 is 11.9 Å². The van der Waals surface area contributed by atoms with Crippen molar-refractivity contribution in [2.75, 3.05) is 6.61 Å². The Balaban J connectivity index is 3.92. The molecule has 2 unspecified atom stereocenters. The lowest BCUT2D eigenvalue weighted by molar-refractivity contribution is -0.152. The van der Waals surface area contributed by atoms with E-state index < -0.39 is 0 Å². The predicted molar refractivity (Wildman–Crippen MR) is 97.7 cm³/mol. The Morgan fingerprint density at radius 2 is 1.54 bits per heavy atom. The van der Waals surface area contributed by atoms with E-state index in [4.69, 9.17) is 9.47 Å². The lowest BCUT2D eigenvalue weighted by atomic mass is 10.0. The molecule has 0 aliphatic rings. The summed E-state index contributed by atoms with van der Waals surface area (Å²) in [5.74, 6) is 0.378. The molecule has 0 aromatic heterocycles. The van der Waals surface area contributed by atoms with Crippen LogP contribution >= 0.6 is 0 Å². The molecule has 0 aliphatic heterocycles. The minimum absolute atomic E-state index is 0.0154. The van der Waals surface area contributed by atoms with Crippen molar-refractivity contribution in [3.63, 3.8) is 0 Å². The Morgan fingerprint density at radius 1 is 0.875 bits per heavy atom. The second-order valence-electron chi connectivity index (χ2n) is 7.01. The minimum Gasteiger partial charge on any atom is -0.465 e. The molecule has 0 radical (unpaired) electrons. The molecule has 0 bridgehead atoms. The third-order valence-corrected chi connectivity index (χ3v) is 4.38. The molecule has 24 heavy (non-hydrogen) atoms. The number of hydrogen-bond acceptors (Lipinski definition) is 4. The first kappa shape index (κ1) is 22.9. The van der Waals surface area contributed by atoms with Gasteiger partial charge in [0.1, 0.15) is 6.10 Å². The van der Waals surface area contributed by atoms with Crippen molar-refractivity contribution in [3.05, 3.63) is 0 Å². The number of esters is 2. The van der Waals surface area contributed by atoms with Crippen LogP contribution in [0.1, 0.15) is 92.4 Å². The first-order valence-electron chi connectivity index (χ1n) is 9.79. The Kier molecular flexibility index (Phi) is 13.7. The largest absolute Gasteiger partial charge is 0.465 e. The Morgan fingerprint density at radius 3 is 2.08 bits per heavy atom. The van der Waals surface area contributed by atoms with Crippen LogP contribution in [0.5, 0.6) is 0 Å². The number of hydrogen-bond donors (Lipinski definition) is 0. The molecule has 142 valence electrons. The summed E-state index contributed by atoms with van der Waals surface area (Å²) in [7, 11) is 0. The van der Waals surface area contributed by atoms with Crippen molar-refractivity contribution < 1.29 is 19.1 Å². The number of ether oxygens (including phenoxy) is 2. The lowest BCUT2D eigenvalue weighted by Crippen LogP contribution is -2.23. The van der Waals surface area contributed by atoms with E-state index in [1.54, 1.807) is 0 Å². The van der Waals surface area contributed by atoms with E-state index >= 15 is 0 Å². The summed E-state index contributed by atoms with van der Waals surface area (Å²) in [5.41, 5.74) is 0. The molecule has 0 saturated heterocycles. The average Bonchev–Trinajstić information content (AvgIpc) is 2.54. The highest BCUT2D eigenvalue weighted by atomic mass is 16.5. The fraction of sp³-hybridized carbons (Fsp3) is 0.900. The molecule has 0 aromatic carbocycles. The maximum absolute atomic E-state index is 11.9. The average molecular weight is 343 g/mol. The topological polar surface area (TPSA) is 52.6 Å². The van der Waals surface area contributed by atoms with E-state index in [0.717, 1.165) is 25.7 Å². The number of carbonyl (C=O) groups excluding carboxylic acids is 2. The molecule has 0 amide bonds. The Bertz CT molecular complexity index is 339. The smallest absolute Gasteiger partial charge is 0.306 e. The molecule has 0 aromatic rings. The molecular weight excluding hydrogens is 304 g/mol. The summed E-state index contributed by atoms with van der Waals surface area (Å²) in [6, 6.07) is 0. The van der Waals surface area contributed by atoms with Crippen LogP contribution in [-0.2, 0) is 19.1 Å². The molecule has 0 heterocycles. The molecule has 2 atom stereocenters. The highest BCUT2D eigenvalue weighted by Crippen LogP contribution is 2.15. The highest BCUT2D eigenvalue weighted by Gasteiger charge is 2.17. The van der Waals surface area contributed by atoms with E-state index in [1.807, 2.05) is 0 Å². The van der Waals surface area contributed by atoms with E-state index in [9.17, 15) is 9.59 Å². The van der Waals surface area contributed by atoms with Gasteiger partial charge in [-0.1, -0.05) is 60.3 Å². The third-order valence-electron chi connectivity index (χ3n) is 4.38. The first-order valence-corrected chi connectivity index (χ1v) is 9.79. The molecule has 0 fully saturated rings. The molecule has 4 heteroatoms. The van der Waals surface area contributed by atoms with E-state index in [-0.39, 0.29) is 24.5 Å². The van der Waals surface area contributed by atoms with Crippen LogP contribution in [0.25, 0.3) is 0 Å². The van der Waals surface area contributed by atoms with Crippen LogP contribution in [0.3, 0.4) is 0 Å². The minimum atomic E-state index is -0.204. The van der Waals surface area contributed by atoms with Gasteiger partial charge in [0.2, 0.25) is 0 Å². The molecule has 0 rings (SSSR count). The predicted octanol–water partition coefficient (Wildman–Crippen LogP) is 5.28. The summed E-state index contributed by atoms with van der Waals surface area (Å²) in [4.78, 5) is 23.6. The lowest BCUT2D eigenvalue weighted by Gasteiger charge is -2.20. The van der Waals surface area contributed by atoms with Gasteiger partial charge in [-0.25, -0.2) is 0 Å². The van der Waals surface area contributed by atoms with Crippen molar-refractivity contribution in [2.45, 2.75) is 98.5 Å². The van der Waals surface area contributed by atoms with E-state index in [1.165, 1.54) is 12.8 Å². The van der Waals surface area contributed by atoms with Gasteiger partial charge in [0.25, 0.3) is 0 Å².